The van der Waals surface area contributed by atoms with Gasteiger partial charge in [-0.3, -0.25) is 5.84 Å². The van der Waals surface area contributed by atoms with Crippen LogP contribution in [0.15, 0.2) is 12.4 Å². The Balaban J connectivity index is 2.69. The predicted octanol–water partition coefficient (Wildman–Crippen LogP) is 1.61. The van der Waals surface area contributed by atoms with Crippen molar-refractivity contribution in [2.24, 2.45) is 5.84 Å². The summed E-state index contributed by atoms with van der Waals surface area (Å²) in [5, 5.41) is 0. The van der Waals surface area contributed by atoms with Crippen molar-refractivity contribution in [1.82, 2.24) is 15.0 Å². The van der Waals surface area contributed by atoms with E-state index in [9.17, 15) is 0 Å². The first kappa shape index (κ1) is 14.2. The fraction of sp³-hybridized carbons (Fsp3) is 0.750. The fourth-order valence-electron chi connectivity index (χ4n) is 1.59. The van der Waals surface area contributed by atoms with E-state index in [0.717, 1.165) is 18.8 Å². The van der Waals surface area contributed by atoms with Crippen LogP contribution in [0.1, 0.15) is 46.0 Å². The third-order valence-corrected chi connectivity index (χ3v) is 2.41. The first-order valence-electron chi connectivity index (χ1n) is 6.09. The number of nitrogens with one attached hydrogen (secondary N) is 1. The van der Waals surface area contributed by atoms with Crippen molar-refractivity contribution in [3.8, 4) is 0 Å². The van der Waals surface area contributed by atoms with E-state index in [1.807, 2.05) is 27.0 Å². The van der Waals surface area contributed by atoms with Crippen LogP contribution < -0.4 is 11.3 Å². The van der Waals surface area contributed by atoms with Crippen molar-refractivity contribution in [3.05, 3.63) is 18.2 Å². The lowest BCUT2D eigenvalue weighted by molar-refractivity contribution is -0.0162. The normalized spacial score (nSPS) is 13.9. The third-order valence-electron chi connectivity index (χ3n) is 2.41. The van der Waals surface area contributed by atoms with Crippen LogP contribution in [-0.2, 0) is 11.3 Å². The molecule has 0 saturated carbocycles. The van der Waals surface area contributed by atoms with Gasteiger partial charge in [0, 0.05) is 18.9 Å². The second-order valence-corrected chi connectivity index (χ2v) is 5.12. The van der Waals surface area contributed by atoms with Crippen LogP contribution in [0.2, 0.25) is 0 Å². The number of nitrogens with zero attached hydrogens (tertiary/aromatic N) is 2. The van der Waals surface area contributed by atoms with Crippen LogP contribution in [0.3, 0.4) is 0 Å². The molecule has 0 spiro atoms. The fourth-order valence-corrected chi connectivity index (χ4v) is 1.59. The molecule has 0 aliphatic rings. The van der Waals surface area contributed by atoms with Crippen molar-refractivity contribution in [1.29, 1.82) is 0 Å². The molecule has 0 fully saturated rings. The minimum absolute atomic E-state index is 0.0734. The van der Waals surface area contributed by atoms with Crippen LogP contribution in [-0.4, -0.2) is 21.8 Å². The van der Waals surface area contributed by atoms with Crippen molar-refractivity contribution in [2.45, 2.75) is 52.3 Å². The minimum atomic E-state index is -0.169. The zero-order chi connectivity index (χ0) is 12.9. The summed E-state index contributed by atoms with van der Waals surface area (Å²) in [5.41, 5.74) is 2.60. The Kier molecular flexibility index (Phi) is 5.11. The SMILES string of the molecule is CCCn1ccnc1C(COC(C)(C)C)NN. The molecule has 0 amide bonds. The van der Waals surface area contributed by atoms with E-state index in [-0.39, 0.29) is 11.6 Å². The molecule has 1 heterocycles. The summed E-state index contributed by atoms with van der Waals surface area (Å²) < 4.78 is 7.85. The molecule has 0 aliphatic carbocycles. The molecular formula is C12H24N4O. The molecule has 1 unspecified atom stereocenters. The van der Waals surface area contributed by atoms with E-state index in [0.29, 0.717) is 6.61 Å². The highest BCUT2D eigenvalue weighted by Crippen LogP contribution is 2.15. The number of hydrazine groups is 1. The van der Waals surface area contributed by atoms with E-state index in [1.54, 1.807) is 6.20 Å². The van der Waals surface area contributed by atoms with Crippen LogP contribution in [0.5, 0.6) is 0 Å². The Morgan fingerprint density at radius 2 is 2.24 bits per heavy atom. The number of ether oxygens (including phenoxy) is 1. The number of rotatable bonds is 6. The van der Waals surface area contributed by atoms with Gasteiger partial charge >= 0.3 is 0 Å². The van der Waals surface area contributed by atoms with Gasteiger partial charge in [-0.2, -0.15) is 0 Å². The Hall–Kier alpha value is -0.910. The lowest BCUT2D eigenvalue weighted by Crippen LogP contribution is -2.36. The highest BCUT2D eigenvalue weighted by Gasteiger charge is 2.19. The van der Waals surface area contributed by atoms with Crippen molar-refractivity contribution in [3.63, 3.8) is 0 Å². The van der Waals surface area contributed by atoms with Gasteiger partial charge in [0.05, 0.1) is 12.2 Å². The molecule has 5 heteroatoms. The largest absolute Gasteiger partial charge is 0.374 e. The summed E-state index contributed by atoms with van der Waals surface area (Å²) in [5.74, 6) is 6.50. The topological polar surface area (TPSA) is 65.1 Å². The van der Waals surface area contributed by atoms with Crippen LogP contribution in [0.4, 0.5) is 0 Å². The highest BCUT2D eigenvalue weighted by molar-refractivity contribution is 4.99. The Labute approximate surface area is 103 Å². The second kappa shape index (κ2) is 6.14. The number of hydrogen-bond donors (Lipinski definition) is 2. The number of nitrogens with two attached hydrogens (primary N) is 1. The van der Waals surface area contributed by atoms with Crippen molar-refractivity contribution < 1.29 is 4.74 Å². The monoisotopic (exact) mass is 240 g/mol. The van der Waals surface area contributed by atoms with Gasteiger partial charge in [0.25, 0.3) is 0 Å². The van der Waals surface area contributed by atoms with Gasteiger partial charge in [0.1, 0.15) is 11.9 Å². The Morgan fingerprint density at radius 3 is 2.76 bits per heavy atom. The summed E-state index contributed by atoms with van der Waals surface area (Å²) in [4.78, 5) is 4.35. The molecule has 98 valence electrons. The van der Waals surface area contributed by atoms with Gasteiger partial charge in [-0.15, -0.1) is 0 Å². The van der Waals surface area contributed by atoms with Gasteiger partial charge in [-0.05, 0) is 27.2 Å². The van der Waals surface area contributed by atoms with Crippen LogP contribution >= 0.6 is 0 Å². The summed E-state index contributed by atoms with van der Waals surface area (Å²) in [7, 11) is 0. The lowest BCUT2D eigenvalue weighted by Gasteiger charge is -2.24. The van der Waals surface area contributed by atoms with E-state index in [2.05, 4.69) is 21.9 Å². The van der Waals surface area contributed by atoms with E-state index in [4.69, 9.17) is 10.6 Å². The molecule has 1 rings (SSSR count). The second-order valence-electron chi connectivity index (χ2n) is 5.12. The molecule has 3 N–H and O–H groups in total. The van der Waals surface area contributed by atoms with E-state index >= 15 is 0 Å². The molecule has 0 aliphatic heterocycles. The van der Waals surface area contributed by atoms with Gasteiger partial charge in [-0.1, -0.05) is 6.92 Å². The van der Waals surface area contributed by atoms with Gasteiger partial charge in [0.15, 0.2) is 0 Å². The predicted molar refractivity (Wildman–Crippen MR) is 68.3 cm³/mol. The molecule has 0 bridgehead atoms. The third kappa shape index (κ3) is 4.46. The Bertz CT molecular complexity index is 329. The van der Waals surface area contributed by atoms with E-state index in [1.165, 1.54) is 0 Å². The molecule has 0 saturated heterocycles. The van der Waals surface area contributed by atoms with Gasteiger partial charge in [0.2, 0.25) is 0 Å². The molecule has 0 radical (unpaired) electrons. The molecule has 17 heavy (non-hydrogen) atoms. The van der Waals surface area contributed by atoms with E-state index < -0.39 is 0 Å². The maximum Gasteiger partial charge on any atom is 0.129 e. The Morgan fingerprint density at radius 1 is 1.53 bits per heavy atom. The summed E-state index contributed by atoms with van der Waals surface area (Å²) >= 11 is 0. The molecule has 1 atom stereocenters. The van der Waals surface area contributed by atoms with Crippen molar-refractivity contribution in [2.75, 3.05) is 6.61 Å². The average Bonchev–Trinajstić information content (AvgIpc) is 2.66. The standard InChI is InChI=1S/C12H24N4O/c1-5-7-16-8-6-14-11(16)10(15-13)9-17-12(2,3)4/h6,8,10,15H,5,7,9,13H2,1-4H3. The zero-order valence-electron chi connectivity index (χ0n) is 11.2. The summed E-state index contributed by atoms with van der Waals surface area (Å²) in [6.07, 6.45) is 4.84. The van der Waals surface area contributed by atoms with Crippen molar-refractivity contribution >= 4 is 0 Å². The quantitative estimate of drug-likeness (QED) is 0.585. The molecule has 5 nitrogen and oxygen atoms in total. The average molecular weight is 240 g/mol. The molecular weight excluding hydrogens is 216 g/mol. The number of hydrogen-bond acceptors (Lipinski definition) is 4. The summed E-state index contributed by atoms with van der Waals surface area (Å²) in [6.45, 7) is 9.68. The van der Waals surface area contributed by atoms with Gasteiger partial charge in [-0.25, -0.2) is 10.4 Å². The zero-order valence-corrected chi connectivity index (χ0v) is 11.2. The van der Waals surface area contributed by atoms with Crippen LogP contribution in [0.25, 0.3) is 0 Å². The maximum absolute atomic E-state index is 5.74. The maximum atomic E-state index is 5.74. The van der Waals surface area contributed by atoms with Crippen LogP contribution in [0, 0.1) is 0 Å². The molecule has 1 aromatic heterocycles. The first-order valence-corrected chi connectivity index (χ1v) is 6.09. The number of imidazole rings is 1. The molecule has 0 aromatic carbocycles. The van der Waals surface area contributed by atoms with Gasteiger partial charge < -0.3 is 9.30 Å². The smallest absolute Gasteiger partial charge is 0.129 e. The minimum Gasteiger partial charge on any atom is -0.374 e. The molecule has 1 aromatic rings. The first-order chi connectivity index (χ1) is 7.98. The summed E-state index contributed by atoms with van der Waals surface area (Å²) in [6, 6.07) is -0.0734. The number of aryl methyl sites for hydroxylation is 1. The highest BCUT2D eigenvalue weighted by atomic mass is 16.5. The lowest BCUT2D eigenvalue weighted by atomic mass is 10.2. The number of aromatic nitrogens is 2.